The standard InChI is InChI=1S/C21H16O3/c22-19-11-13-21(24)18(14-19)10-12-20(23)17-8-6-16(7-9-17)15-4-2-1-3-5-15/h1-14,22,24H/b12-10+. The zero-order valence-electron chi connectivity index (χ0n) is 12.9. The predicted molar refractivity (Wildman–Crippen MR) is 95.0 cm³/mol. The molecule has 0 radical (unpaired) electrons. The van der Waals surface area contributed by atoms with Crippen LogP contribution in [0.5, 0.6) is 11.5 Å². The van der Waals surface area contributed by atoms with Crippen molar-refractivity contribution < 1.29 is 15.0 Å². The predicted octanol–water partition coefficient (Wildman–Crippen LogP) is 4.66. The number of hydrogen-bond acceptors (Lipinski definition) is 3. The molecule has 0 fully saturated rings. The minimum Gasteiger partial charge on any atom is -0.508 e. The van der Waals surface area contributed by atoms with Gasteiger partial charge in [-0.2, -0.15) is 0 Å². The summed E-state index contributed by atoms with van der Waals surface area (Å²) in [6, 6.07) is 21.5. The van der Waals surface area contributed by atoms with Gasteiger partial charge in [0.1, 0.15) is 11.5 Å². The number of carbonyl (C=O) groups excluding carboxylic acids is 1. The summed E-state index contributed by atoms with van der Waals surface area (Å²) in [5.74, 6) is -0.124. The van der Waals surface area contributed by atoms with Crippen molar-refractivity contribution in [1.82, 2.24) is 0 Å². The maximum Gasteiger partial charge on any atom is 0.185 e. The normalized spacial score (nSPS) is 10.8. The van der Waals surface area contributed by atoms with E-state index < -0.39 is 0 Å². The zero-order chi connectivity index (χ0) is 16.9. The van der Waals surface area contributed by atoms with Crippen LogP contribution in [0.4, 0.5) is 0 Å². The molecule has 118 valence electrons. The number of hydrogen-bond donors (Lipinski definition) is 2. The summed E-state index contributed by atoms with van der Waals surface area (Å²) < 4.78 is 0. The molecule has 3 heteroatoms. The summed E-state index contributed by atoms with van der Waals surface area (Å²) in [6.07, 6.45) is 2.87. The lowest BCUT2D eigenvalue weighted by atomic mass is 10.0. The summed E-state index contributed by atoms with van der Waals surface area (Å²) in [4.78, 5) is 12.2. The van der Waals surface area contributed by atoms with Gasteiger partial charge < -0.3 is 10.2 Å². The Morgan fingerprint density at radius 3 is 2.17 bits per heavy atom. The molecule has 24 heavy (non-hydrogen) atoms. The second-order valence-electron chi connectivity index (χ2n) is 5.38. The van der Waals surface area contributed by atoms with Crippen LogP contribution >= 0.6 is 0 Å². The summed E-state index contributed by atoms with van der Waals surface area (Å²) >= 11 is 0. The molecule has 3 nitrogen and oxygen atoms in total. The summed E-state index contributed by atoms with van der Waals surface area (Å²) in [5, 5.41) is 19.1. The van der Waals surface area contributed by atoms with Gasteiger partial charge in [0.2, 0.25) is 0 Å². The van der Waals surface area contributed by atoms with Gasteiger partial charge >= 0.3 is 0 Å². The van der Waals surface area contributed by atoms with Gasteiger partial charge in [-0.05, 0) is 41.5 Å². The molecule has 3 aromatic carbocycles. The van der Waals surface area contributed by atoms with Crippen LogP contribution in [0, 0.1) is 0 Å². The third kappa shape index (κ3) is 3.52. The van der Waals surface area contributed by atoms with Gasteiger partial charge in [0.05, 0.1) is 0 Å². The molecule has 0 aliphatic carbocycles. The third-order valence-corrected chi connectivity index (χ3v) is 3.70. The van der Waals surface area contributed by atoms with Crippen LogP contribution in [0.15, 0.2) is 78.9 Å². The molecule has 0 aromatic heterocycles. The first-order valence-electron chi connectivity index (χ1n) is 7.53. The van der Waals surface area contributed by atoms with E-state index in [4.69, 9.17) is 0 Å². The average molecular weight is 316 g/mol. The SMILES string of the molecule is O=C(/C=C/c1cc(O)ccc1O)c1ccc(-c2ccccc2)cc1. The molecular formula is C21H16O3. The Balaban J connectivity index is 1.78. The summed E-state index contributed by atoms with van der Waals surface area (Å²) in [5.41, 5.74) is 3.09. The van der Waals surface area contributed by atoms with Crippen molar-refractivity contribution in [2.75, 3.05) is 0 Å². The third-order valence-electron chi connectivity index (χ3n) is 3.70. The number of aromatic hydroxyl groups is 2. The molecule has 3 aromatic rings. The molecule has 0 heterocycles. The van der Waals surface area contributed by atoms with Gasteiger partial charge in [-0.3, -0.25) is 4.79 Å². The van der Waals surface area contributed by atoms with Crippen molar-refractivity contribution in [2.45, 2.75) is 0 Å². The van der Waals surface area contributed by atoms with Gasteiger partial charge in [0.15, 0.2) is 5.78 Å². The lowest BCUT2D eigenvalue weighted by molar-refractivity contribution is 0.104. The van der Waals surface area contributed by atoms with E-state index in [2.05, 4.69) is 0 Å². The monoisotopic (exact) mass is 316 g/mol. The van der Waals surface area contributed by atoms with Crippen LogP contribution in [0.25, 0.3) is 17.2 Å². The quantitative estimate of drug-likeness (QED) is 0.418. The van der Waals surface area contributed by atoms with E-state index >= 15 is 0 Å². The van der Waals surface area contributed by atoms with E-state index in [0.29, 0.717) is 11.1 Å². The van der Waals surface area contributed by atoms with Crippen molar-refractivity contribution in [3.63, 3.8) is 0 Å². The van der Waals surface area contributed by atoms with Crippen molar-refractivity contribution in [3.8, 4) is 22.6 Å². The van der Waals surface area contributed by atoms with Crippen molar-refractivity contribution in [1.29, 1.82) is 0 Å². The first-order valence-corrected chi connectivity index (χ1v) is 7.53. The van der Waals surface area contributed by atoms with Crippen molar-refractivity contribution >= 4 is 11.9 Å². The van der Waals surface area contributed by atoms with E-state index in [1.54, 1.807) is 12.1 Å². The average Bonchev–Trinajstić information content (AvgIpc) is 2.63. The Hall–Kier alpha value is -3.33. The van der Waals surface area contributed by atoms with Gasteiger partial charge in [0.25, 0.3) is 0 Å². The molecule has 0 atom stereocenters. The number of carbonyl (C=O) groups is 1. The number of rotatable bonds is 4. The molecule has 3 rings (SSSR count). The van der Waals surface area contributed by atoms with Crippen LogP contribution in [-0.2, 0) is 0 Å². The van der Waals surface area contributed by atoms with Crippen LogP contribution in [0.2, 0.25) is 0 Å². The minimum absolute atomic E-state index is 0.0104. The molecule has 0 amide bonds. The Morgan fingerprint density at radius 1 is 0.792 bits per heavy atom. The Kier molecular flexibility index (Phi) is 4.43. The fourth-order valence-corrected chi connectivity index (χ4v) is 2.39. The Labute approximate surface area is 140 Å². The lowest BCUT2D eigenvalue weighted by Gasteiger charge is -2.03. The number of phenolic OH excluding ortho intramolecular Hbond substituents is 2. The molecule has 0 aliphatic rings. The molecule has 0 aliphatic heterocycles. The van der Waals surface area contributed by atoms with E-state index in [9.17, 15) is 15.0 Å². The van der Waals surface area contributed by atoms with Gasteiger partial charge in [0, 0.05) is 11.1 Å². The largest absolute Gasteiger partial charge is 0.508 e. The molecule has 2 N–H and O–H groups in total. The molecular weight excluding hydrogens is 300 g/mol. The number of allylic oxidation sites excluding steroid dienone is 1. The highest BCUT2D eigenvalue weighted by Gasteiger charge is 2.04. The van der Waals surface area contributed by atoms with E-state index in [1.807, 2.05) is 42.5 Å². The molecule has 0 spiro atoms. The number of phenols is 2. The fourth-order valence-electron chi connectivity index (χ4n) is 2.39. The second-order valence-corrected chi connectivity index (χ2v) is 5.38. The summed E-state index contributed by atoms with van der Waals surface area (Å²) in [7, 11) is 0. The zero-order valence-corrected chi connectivity index (χ0v) is 12.9. The van der Waals surface area contributed by atoms with Crippen molar-refractivity contribution in [3.05, 3.63) is 90.0 Å². The van der Waals surface area contributed by atoms with E-state index in [0.717, 1.165) is 11.1 Å². The first-order chi connectivity index (χ1) is 11.6. The van der Waals surface area contributed by atoms with Crippen molar-refractivity contribution in [2.24, 2.45) is 0 Å². The topological polar surface area (TPSA) is 57.5 Å². The smallest absolute Gasteiger partial charge is 0.185 e. The summed E-state index contributed by atoms with van der Waals surface area (Å²) in [6.45, 7) is 0. The maximum absolute atomic E-state index is 12.2. The molecule has 0 saturated heterocycles. The van der Waals surface area contributed by atoms with Crippen LogP contribution in [0.3, 0.4) is 0 Å². The van der Waals surface area contributed by atoms with Gasteiger partial charge in [-0.25, -0.2) is 0 Å². The second kappa shape index (κ2) is 6.84. The maximum atomic E-state index is 12.2. The van der Waals surface area contributed by atoms with Crippen LogP contribution < -0.4 is 0 Å². The fraction of sp³-hybridized carbons (Fsp3) is 0. The van der Waals surface area contributed by atoms with Gasteiger partial charge in [-0.15, -0.1) is 0 Å². The molecule has 0 unspecified atom stereocenters. The highest BCUT2D eigenvalue weighted by atomic mass is 16.3. The van der Waals surface area contributed by atoms with E-state index in [1.165, 1.54) is 30.4 Å². The number of ketones is 1. The highest BCUT2D eigenvalue weighted by molar-refractivity contribution is 6.07. The Morgan fingerprint density at radius 2 is 1.46 bits per heavy atom. The molecule has 0 bridgehead atoms. The van der Waals surface area contributed by atoms with Gasteiger partial charge in [-0.1, -0.05) is 54.6 Å². The minimum atomic E-state index is -0.169. The van der Waals surface area contributed by atoms with Crippen LogP contribution in [0.1, 0.15) is 15.9 Å². The first kappa shape index (κ1) is 15.6. The lowest BCUT2D eigenvalue weighted by Crippen LogP contribution is -1.93. The van der Waals surface area contributed by atoms with Crippen LogP contribution in [-0.4, -0.2) is 16.0 Å². The Bertz CT molecular complexity index is 879. The highest BCUT2D eigenvalue weighted by Crippen LogP contribution is 2.24. The molecule has 0 saturated carbocycles. The number of benzene rings is 3. The van der Waals surface area contributed by atoms with E-state index in [-0.39, 0.29) is 17.3 Å².